The van der Waals surface area contributed by atoms with Gasteiger partial charge in [-0.3, -0.25) is 0 Å². The number of fused-ring (bicyclic) bond motifs is 1. The maximum atomic E-state index is 5.29. The van der Waals surface area contributed by atoms with Crippen molar-refractivity contribution < 1.29 is 4.74 Å². The molecule has 0 aromatic heterocycles. The molecule has 2 heteroatoms. The molecule has 0 amide bonds. The zero-order chi connectivity index (χ0) is 9.54. The fourth-order valence-electron chi connectivity index (χ4n) is 2.26. The van der Waals surface area contributed by atoms with E-state index in [1.165, 1.54) is 29.8 Å². The number of ether oxygens (including phenoxy) is 1. The Kier molecular flexibility index (Phi) is 1.77. The van der Waals surface area contributed by atoms with Gasteiger partial charge in [0.05, 0.1) is 6.61 Å². The first-order chi connectivity index (χ1) is 6.88. The van der Waals surface area contributed by atoms with Crippen LogP contribution < -0.4 is 4.90 Å². The second-order valence-corrected chi connectivity index (χ2v) is 4.04. The predicted octanol–water partition coefficient (Wildman–Crippen LogP) is 2.14. The highest BCUT2D eigenvalue weighted by atomic mass is 16.6. The van der Waals surface area contributed by atoms with E-state index in [1.807, 2.05) is 0 Å². The second kappa shape index (κ2) is 2.99. The molecule has 0 saturated carbocycles. The van der Waals surface area contributed by atoms with Crippen molar-refractivity contribution in [3.05, 3.63) is 29.3 Å². The molecule has 0 N–H and O–H groups in total. The molecule has 2 aliphatic rings. The third-order valence-electron chi connectivity index (χ3n) is 3.18. The summed E-state index contributed by atoms with van der Waals surface area (Å²) in [6.07, 6.45) is 1.60. The molecule has 0 aliphatic carbocycles. The van der Waals surface area contributed by atoms with Crippen LogP contribution in [0, 0.1) is 0 Å². The maximum Gasteiger partial charge on any atom is 0.106 e. The first kappa shape index (κ1) is 8.30. The van der Waals surface area contributed by atoms with Gasteiger partial charge in [-0.1, -0.05) is 12.1 Å². The summed E-state index contributed by atoms with van der Waals surface area (Å²) in [4.78, 5) is 2.44. The molecule has 1 saturated heterocycles. The van der Waals surface area contributed by atoms with E-state index in [1.54, 1.807) is 0 Å². The quantitative estimate of drug-likeness (QED) is 0.662. The lowest BCUT2D eigenvalue weighted by Gasteiger charge is -2.16. The number of nitrogens with zero attached hydrogens (tertiary/aromatic N) is 1. The molecule has 2 heterocycles. The first-order valence-corrected chi connectivity index (χ1v) is 5.38. The minimum absolute atomic E-state index is 0.399. The van der Waals surface area contributed by atoms with E-state index in [4.69, 9.17) is 4.74 Å². The third-order valence-corrected chi connectivity index (χ3v) is 3.18. The number of epoxide rings is 1. The van der Waals surface area contributed by atoms with Crippen LogP contribution in [0.1, 0.15) is 24.2 Å². The molecule has 1 aromatic carbocycles. The Morgan fingerprint density at radius 1 is 1.50 bits per heavy atom. The molecule has 1 fully saturated rings. The van der Waals surface area contributed by atoms with Crippen LogP contribution in [0.15, 0.2) is 18.2 Å². The fourth-order valence-corrected chi connectivity index (χ4v) is 2.26. The zero-order valence-electron chi connectivity index (χ0n) is 8.49. The summed E-state index contributed by atoms with van der Waals surface area (Å²) in [5.41, 5.74) is 4.29. The molecule has 0 unspecified atom stereocenters. The van der Waals surface area contributed by atoms with Crippen molar-refractivity contribution in [3.8, 4) is 0 Å². The molecule has 3 rings (SSSR count). The monoisotopic (exact) mass is 189 g/mol. The van der Waals surface area contributed by atoms with Gasteiger partial charge in [-0.25, -0.2) is 0 Å². The Hall–Kier alpha value is -1.02. The summed E-state index contributed by atoms with van der Waals surface area (Å²) in [6, 6.07) is 6.79. The van der Waals surface area contributed by atoms with E-state index in [2.05, 4.69) is 30.0 Å². The lowest BCUT2D eigenvalue weighted by Crippen LogP contribution is -2.18. The van der Waals surface area contributed by atoms with Gasteiger partial charge in [-0.2, -0.15) is 0 Å². The topological polar surface area (TPSA) is 15.8 Å². The Morgan fingerprint density at radius 3 is 3.07 bits per heavy atom. The second-order valence-electron chi connectivity index (χ2n) is 4.04. The van der Waals surface area contributed by atoms with Crippen molar-refractivity contribution in [2.45, 2.75) is 19.4 Å². The zero-order valence-corrected chi connectivity index (χ0v) is 8.49. The number of likely N-dealkylation sites (N-methyl/N-ethyl adjacent to an activating group) is 1. The average Bonchev–Trinajstić information content (AvgIpc) is 2.98. The highest BCUT2D eigenvalue weighted by molar-refractivity contribution is 5.59. The Balaban J connectivity index is 1.96. The summed E-state index contributed by atoms with van der Waals surface area (Å²) in [7, 11) is 0. The average molecular weight is 189 g/mol. The van der Waals surface area contributed by atoms with E-state index in [9.17, 15) is 0 Å². The normalized spacial score (nSPS) is 23.8. The molecule has 2 nitrogen and oxygen atoms in total. The molecule has 0 bridgehead atoms. The highest BCUT2D eigenvalue weighted by Gasteiger charge is 2.26. The minimum Gasteiger partial charge on any atom is -0.371 e. The van der Waals surface area contributed by atoms with Crippen LogP contribution in [0.25, 0.3) is 0 Å². The van der Waals surface area contributed by atoms with Gasteiger partial charge in [0.1, 0.15) is 6.10 Å². The SMILES string of the molecule is CCN1CCc2cc([C@@H]3CO3)ccc21. The number of benzene rings is 1. The predicted molar refractivity (Wildman–Crippen MR) is 56.7 cm³/mol. The number of rotatable bonds is 2. The Labute approximate surface area is 84.5 Å². The molecule has 0 radical (unpaired) electrons. The van der Waals surface area contributed by atoms with Gasteiger partial charge in [0.15, 0.2) is 0 Å². The van der Waals surface area contributed by atoms with Gasteiger partial charge in [0.25, 0.3) is 0 Å². The van der Waals surface area contributed by atoms with Crippen molar-refractivity contribution in [2.75, 3.05) is 24.6 Å². The smallest absolute Gasteiger partial charge is 0.106 e. The summed E-state index contributed by atoms with van der Waals surface area (Å²) in [6.45, 7) is 5.43. The molecule has 74 valence electrons. The molecule has 14 heavy (non-hydrogen) atoms. The Morgan fingerprint density at radius 2 is 2.36 bits per heavy atom. The van der Waals surface area contributed by atoms with Crippen LogP contribution in [0.3, 0.4) is 0 Å². The lowest BCUT2D eigenvalue weighted by atomic mass is 10.1. The van der Waals surface area contributed by atoms with Crippen LogP contribution in [-0.4, -0.2) is 19.7 Å². The molecule has 0 spiro atoms. The highest BCUT2D eigenvalue weighted by Crippen LogP contribution is 2.35. The van der Waals surface area contributed by atoms with Crippen LogP contribution in [0.4, 0.5) is 5.69 Å². The van der Waals surface area contributed by atoms with Gasteiger partial charge in [-0.15, -0.1) is 0 Å². The van der Waals surface area contributed by atoms with E-state index < -0.39 is 0 Å². The van der Waals surface area contributed by atoms with Crippen molar-refractivity contribution in [2.24, 2.45) is 0 Å². The summed E-state index contributed by atoms with van der Waals surface area (Å²) < 4.78 is 5.29. The largest absolute Gasteiger partial charge is 0.371 e. The van der Waals surface area contributed by atoms with Crippen molar-refractivity contribution >= 4 is 5.69 Å². The van der Waals surface area contributed by atoms with Crippen LogP contribution in [0.5, 0.6) is 0 Å². The molecule has 1 atom stereocenters. The van der Waals surface area contributed by atoms with E-state index >= 15 is 0 Å². The van der Waals surface area contributed by atoms with Gasteiger partial charge >= 0.3 is 0 Å². The van der Waals surface area contributed by atoms with Crippen LogP contribution in [0.2, 0.25) is 0 Å². The standard InChI is InChI=1S/C12H15NO/c1-2-13-6-5-9-7-10(12-8-14-12)3-4-11(9)13/h3-4,7,12H,2,5-6,8H2,1H3/t12-/m0/s1. The number of hydrogen-bond acceptors (Lipinski definition) is 2. The molecular formula is C12H15NO. The van der Waals surface area contributed by atoms with Crippen LogP contribution >= 0.6 is 0 Å². The van der Waals surface area contributed by atoms with Gasteiger partial charge in [-0.05, 0) is 30.5 Å². The van der Waals surface area contributed by atoms with Crippen molar-refractivity contribution in [1.29, 1.82) is 0 Å². The van der Waals surface area contributed by atoms with Gasteiger partial charge in [0.2, 0.25) is 0 Å². The fraction of sp³-hybridized carbons (Fsp3) is 0.500. The molecule has 1 aromatic rings. The van der Waals surface area contributed by atoms with E-state index in [-0.39, 0.29) is 0 Å². The molecule has 2 aliphatic heterocycles. The molecular weight excluding hydrogens is 174 g/mol. The summed E-state index contributed by atoms with van der Waals surface area (Å²) in [5, 5.41) is 0. The maximum absolute atomic E-state index is 5.29. The van der Waals surface area contributed by atoms with Crippen molar-refractivity contribution in [3.63, 3.8) is 0 Å². The van der Waals surface area contributed by atoms with E-state index in [0.717, 1.165) is 13.2 Å². The van der Waals surface area contributed by atoms with Crippen molar-refractivity contribution in [1.82, 2.24) is 0 Å². The lowest BCUT2D eigenvalue weighted by molar-refractivity contribution is 0.415. The third kappa shape index (κ3) is 1.22. The van der Waals surface area contributed by atoms with Crippen LogP contribution in [-0.2, 0) is 11.2 Å². The number of anilines is 1. The van der Waals surface area contributed by atoms with E-state index in [0.29, 0.717) is 6.10 Å². The van der Waals surface area contributed by atoms with Gasteiger partial charge in [0, 0.05) is 18.8 Å². The Bertz CT molecular complexity index is 357. The summed E-state index contributed by atoms with van der Waals surface area (Å²) >= 11 is 0. The summed E-state index contributed by atoms with van der Waals surface area (Å²) in [5.74, 6) is 0. The minimum atomic E-state index is 0.399. The van der Waals surface area contributed by atoms with Gasteiger partial charge < -0.3 is 9.64 Å². The number of hydrogen-bond donors (Lipinski definition) is 0. The first-order valence-electron chi connectivity index (χ1n) is 5.38.